The molecule has 1 atom stereocenters. The van der Waals surface area contributed by atoms with Crippen LogP contribution in [0.25, 0.3) is 5.76 Å². The van der Waals surface area contributed by atoms with Crippen LogP contribution in [-0.4, -0.2) is 32.7 Å². The van der Waals surface area contributed by atoms with Crippen LogP contribution in [0.4, 0.5) is 5.13 Å². The number of aryl methyl sites for hydroxylation is 3. The first kappa shape index (κ1) is 22.4. The Labute approximate surface area is 194 Å². The molecule has 1 fully saturated rings. The van der Waals surface area contributed by atoms with Gasteiger partial charge in [-0.05, 0) is 50.1 Å². The molecule has 1 saturated heterocycles. The summed E-state index contributed by atoms with van der Waals surface area (Å²) in [4.78, 5) is 44.4. The summed E-state index contributed by atoms with van der Waals surface area (Å²) in [5.74, 6) is -2.27. The van der Waals surface area contributed by atoms with Gasteiger partial charge in [-0.1, -0.05) is 41.2 Å². The third-order valence-electron chi connectivity index (χ3n) is 5.59. The Morgan fingerprint density at radius 1 is 1.09 bits per heavy atom. The summed E-state index contributed by atoms with van der Waals surface area (Å²) in [6.07, 6.45) is 0. The van der Waals surface area contributed by atoms with Gasteiger partial charge in [-0.25, -0.2) is 4.98 Å². The van der Waals surface area contributed by atoms with E-state index in [0.717, 1.165) is 22.5 Å². The maximum absolute atomic E-state index is 13.2. The van der Waals surface area contributed by atoms with E-state index in [0.29, 0.717) is 21.7 Å². The number of aliphatic hydroxyl groups is 1. The van der Waals surface area contributed by atoms with Crippen molar-refractivity contribution < 1.29 is 24.6 Å². The second-order valence-corrected chi connectivity index (χ2v) is 9.03. The van der Waals surface area contributed by atoms with Gasteiger partial charge in [0.05, 0.1) is 22.2 Å². The molecule has 3 aromatic rings. The van der Waals surface area contributed by atoms with Crippen LogP contribution in [0.3, 0.4) is 0 Å². The van der Waals surface area contributed by atoms with Crippen molar-refractivity contribution >= 4 is 39.7 Å². The van der Waals surface area contributed by atoms with Crippen LogP contribution in [-0.2, 0) is 9.59 Å². The Morgan fingerprint density at radius 3 is 2.45 bits per heavy atom. The molecule has 0 saturated carbocycles. The van der Waals surface area contributed by atoms with Gasteiger partial charge < -0.3 is 10.2 Å². The van der Waals surface area contributed by atoms with Crippen molar-refractivity contribution in [2.75, 3.05) is 4.90 Å². The number of carbonyl (C=O) groups excluding carboxylic acids is 3. The summed E-state index contributed by atoms with van der Waals surface area (Å²) >= 11 is 1.01. The molecule has 0 aliphatic carbocycles. The van der Waals surface area contributed by atoms with Crippen molar-refractivity contribution in [2.45, 2.75) is 33.7 Å². The fourth-order valence-corrected chi connectivity index (χ4v) is 4.98. The molecule has 7 nitrogen and oxygen atoms in total. The topological polar surface area (TPSA) is 108 Å². The van der Waals surface area contributed by atoms with Crippen molar-refractivity contribution in [1.82, 2.24) is 4.98 Å². The van der Waals surface area contributed by atoms with E-state index in [1.807, 2.05) is 19.1 Å². The van der Waals surface area contributed by atoms with Crippen LogP contribution in [0.2, 0.25) is 0 Å². The zero-order valence-electron chi connectivity index (χ0n) is 18.5. The summed E-state index contributed by atoms with van der Waals surface area (Å²) in [7, 11) is 0. The SMILES string of the molecule is CC(=O)c1sc(N2C(=O)C(=O)/C(=C(/O)c3cc(C)ccc3C)C2c2cccc(O)c2)nc1C. The highest BCUT2D eigenvalue weighted by Crippen LogP contribution is 2.44. The first-order valence-electron chi connectivity index (χ1n) is 10.3. The van der Waals surface area contributed by atoms with Crippen molar-refractivity contribution in [2.24, 2.45) is 0 Å². The lowest BCUT2D eigenvalue weighted by atomic mass is 9.93. The largest absolute Gasteiger partial charge is 0.508 e. The number of carbonyl (C=O) groups is 3. The average Bonchev–Trinajstić information content (AvgIpc) is 3.27. The van der Waals surface area contributed by atoms with Gasteiger partial charge >= 0.3 is 5.91 Å². The average molecular weight is 463 g/mol. The number of aromatic hydroxyl groups is 1. The van der Waals surface area contributed by atoms with Crippen molar-refractivity contribution in [3.8, 4) is 5.75 Å². The van der Waals surface area contributed by atoms with Gasteiger partial charge in [-0.2, -0.15) is 0 Å². The predicted molar refractivity (Wildman–Crippen MR) is 126 cm³/mol. The van der Waals surface area contributed by atoms with Crippen LogP contribution in [0.15, 0.2) is 48.0 Å². The zero-order valence-corrected chi connectivity index (χ0v) is 19.4. The lowest BCUT2D eigenvalue weighted by Crippen LogP contribution is -2.29. The summed E-state index contributed by atoms with van der Waals surface area (Å²) in [6, 6.07) is 10.6. The van der Waals surface area contributed by atoms with Gasteiger partial charge in [-0.3, -0.25) is 19.3 Å². The Bertz CT molecular complexity index is 1350. The van der Waals surface area contributed by atoms with E-state index in [1.54, 1.807) is 32.0 Å². The Morgan fingerprint density at radius 2 is 1.82 bits per heavy atom. The molecular weight excluding hydrogens is 440 g/mol. The number of phenolic OH excluding ortho intramolecular Hbond substituents is 1. The number of rotatable bonds is 4. The van der Waals surface area contributed by atoms with E-state index in [9.17, 15) is 24.6 Å². The number of hydrogen-bond acceptors (Lipinski definition) is 7. The monoisotopic (exact) mass is 462 g/mol. The van der Waals surface area contributed by atoms with E-state index in [-0.39, 0.29) is 28.0 Å². The first-order chi connectivity index (χ1) is 15.6. The third-order valence-corrected chi connectivity index (χ3v) is 6.85. The smallest absolute Gasteiger partial charge is 0.301 e. The fraction of sp³-hybridized carbons (Fsp3) is 0.200. The molecular formula is C25H22N2O5S. The molecule has 0 radical (unpaired) electrons. The van der Waals surface area contributed by atoms with Crippen molar-refractivity contribution in [3.63, 3.8) is 0 Å². The minimum absolute atomic E-state index is 0.0513. The number of hydrogen-bond donors (Lipinski definition) is 2. The molecule has 2 aromatic carbocycles. The normalized spacial score (nSPS) is 17.6. The van der Waals surface area contributed by atoms with Gasteiger partial charge in [-0.15, -0.1) is 0 Å². The van der Waals surface area contributed by atoms with Gasteiger partial charge in [0.1, 0.15) is 11.5 Å². The first-order valence-corrected chi connectivity index (χ1v) is 11.1. The summed E-state index contributed by atoms with van der Waals surface area (Å²) in [5, 5.41) is 21.5. The second-order valence-electron chi connectivity index (χ2n) is 8.05. The lowest BCUT2D eigenvalue weighted by molar-refractivity contribution is -0.132. The van der Waals surface area contributed by atoms with Crippen LogP contribution in [0.5, 0.6) is 5.75 Å². The molecule has 8 heteroatoms. The van der Waals surface area contributed by atoms with E-state index >= 15 is 0 Å². The molecule has 33 heavy (non-hydrogen) atoms. The Kier molecular flexibility index (Phi) is 5.63. The molecule has 1 aliphatic heterocycles. The minimum atomic E-state index is -1.03. The lowest BCUT2D eigenvalue weighted by Gasteiger charge is -2.23. The number of aromatic nitrogens is 1. The number of thiazole rings is 1. The van der Waals surface area contributed by atoms with Gasteiger partial charge in [0, 0.05) is 12.5 Å². The van der Waals surface area contributed by atoms with E-state index in [4.69, 9.17) is 0 Å². The molecule has 4 rings (SSSR count). The third kappa shape index (κ3) is 3.82. The Balaban J connectivity index is 1.99. The highest BCUT2D eigenvalue weighted by molar-refractivity contribution is 7.18. The zero-order chi connectivity index (χ0) is 24.0. The molecule has 0 spiro atoms. The number of nitrogens with zero attached hydrogens (tertiary/aromatic N) is 2. The van der Waals surface area contributed by atoms with Crippen molar-refractivity contribution in [3.05, 3.63) is 80.9 Å². The maximum Gasteiger partial charge on any atom is 0.301 e. The standard InChI is InChI=1S/C25H22N2O5S/c1-12-8-9-13(2)18(10-12)21(30)19-20(16-6-5-7-17(29)11-16)27(24(32)22(19)31)25-26-14(3)23(33-25)15(4)28/h5-11,20,29-30H,1-4H3/b21-19+. The number of ketones is 2. The summed E-state index contributed by atoms with van der Waals surface area (Å²) in [6.45, 7) is 6.73. The van der Waals surface area contributed by atoms with Gasteiger partial charge in [0.15, 0.2) is 10.9 Å². The van der Waals surface area contributed by atoms with Crippen LogP contribution < -0.4 is 4.90 Å². The number of benzene rings is 2. The quantitative estimate of drug-likeness (QED) is 0.254. The maximum atomic E-state index is 13.2. The number of anilines is 1. The van der Waals surface area contributed by atoms with Gasteiger partial charge in [0.2, 0.25) is 0 Å². The molecule has 1 aliphatic rings. The molecule has 2 N–H and O–H groups in total. The molecule has 1 amide bonds. The molecule has 0 bridgehead atoms. The van der Waals surface area contributed by atoms with E-state index in [2.05, 4.69) is 4.98 Å². The number of Topliss-reactive ketones (excluding diaryl/α,β-unsaturated/α-hetero) is 2. The number of aliphatic hydroxyl groups excluding tert-OH is 1. The van der Waals surface area contributed by atoms with Crippen LogP contribution >= 0.6 is 11.3 Å². The highest BCUT2D eigenvalue weighted by atomic mass is 32.1. The predicted octanol–water partition coefficient (Wildman–Crippen LogP) is 4.60. The molecule has 1 aromatic heterocycles. The van der Waals surface area contributed by atoms with Crippen molar-refractivity contribution in [1.29, 1.82) is 0 Å². The summed E-state index contributed by atoms with van der Waals surface area (Å²) < 4.78 is 0. The fourth-order valence-electron chi connectivity index (χ4n) is 3.99. The van der Waals surface area contributed by atoms with Gasteiger partial charge in [0.25, 0.3) is 5.78 Å². The molecule has 1 unspecified atom stereocenters. The Hall–Kier alpha value is -3.78. The highest BCUT2D eigenvalue weighted by Gasteiger charge is 2.48. The molecule has 168 valence electrons. The summed E-state index contributed by atoms with van der Waals surface area (Å²) in [5.41, 5.74) is 2.84. The second kappa shape index (κ2) is 8.29. The van der Waals surface area contributed by atoms with E-state index < -0.39 is 17.7 Å². The van der Waals surface area contributed by atoms with Crippen LogP contribution in [0.1, 0.15) is 50.6 Å². The number of amides is 1. The van der Waals surface area contributed by atoms with E-state index in [1.165, 1.54) is 24.0 Å². The number of phenols is 1. The van der Waals surface area contributed by atoms with Crippen LogP contribution in [0, 0.1) is 20.8 Å². The molecule has 2 heterocycles. The minimum Gasteiger partial charge on any atom is -0.508 e.